The van der Waals surface area contributed by atoms with E-state index in [1.807, 2.05) is 26.0 Å². The predicted molar refractivity (Wildman–Crippen MR) is 143 cm³/mol. The number of hydrogen-bond acceptors (Lipinski definition) is 6. The SMILES string of the molecule is Cc1ccc(N2C(=O)/C(=C/c3ccc(F)cc3)S/C2=N\NC(=O)c2cc3ccccc3oc2=O)cc1C. The lowest BCUT2D eigenvalue weighted by molar-refractivity contribution is -0.113. The minimum absolute atomic E-state index is 0.195. The van der Waals surface area contributed by atoms with Gasteiger partial charge in [0, 0.05) is 5.39 Å². The van der Waals surface area contributed by atoms with Crippen molar-refractivity contribution in [1.82, 2.24) is 5.43 Å². The maximum atomic E-state index is 13.4. The summed E-state index contributed by atoms with van der Waals surface area (Å²) in [7, 11) is 0. The molecule has 1 fully saturated rings. The summed E-state index contributed by atoms with van der Waals surface area (Å²) in [6.07, 6.45) is 1.63. The molecule has 0 unspecified atom stereocenters. The number of amidine groups is 1. The molecule has 5 rings (SSSR count). The molecule has 0 atom stereocenters. The third-order valence-electron chi connectivity index (χ3n) is 5.86. The molecule has 2 amide bonds. The van der Waals surface area contributed by atoms with Gasteiger partial charge in [-0.25, -0.2) is 14.6 Å². The van der Waals surface area contributed by atoms with Gasteiger partial charge >= 0.3 is 5.63 Å². The Morgan fingerprint density at radius 2 is 1.76 bits per heavy atom. The van der Waals surface area contributed by atoms with Crippen molar-refractivity contribution in [2.75, 3.05) is 4.90 Å². The van der Waals surface area contributed by atoms with Gasteiger partial charge < -0.3 is 4.42 Å². The number of benzene rings is 3. The second-order valence-electron chi connectivity index (χ2n) is 8.39. The average molecular weight is 514 g/mol. The second kappa shape index (κ2) is 9.87. The van der Waals surface area contributed by atoms with Crippen LogP contribution in [0.15, 0.2) is 92.0 Å². The molecule has 0 saturated carbocycles. The van der Waals surface area contributed by atoms with E-state index in [-0.39, 0.29) is 22.5 Å². The Labute approximate surface area is 215 Å². The van der Waals surface area contributed by atoms with Crippen molar-refractivity contribution in [1.29, 1.82) is 0 Å². The van der Waals surface area contributed by atoms with Crippen molar-refractivity contribution in [3.63, 3.8) is 0 Å². The fourth-order valence-electron chi connectivity index (χ4n) is 3.73. The number of hydrazone groups is 1. The zero-order valence-electron chi connectivity index (χ0n) is 19.8. The van der Waals surface area contributed by atoms with Crippen LogP contribution in [0.2, 0.25) is 0 Å². The lowest BCUT2D eigenvalue weighted by Crippen LogP contribution is -2.32. The van der Waals surface area contributed by atoms with Crippen molar-refractivity contribution in [2.24, 2.45) is 5.10 Å². The number of amides is 2. The van der Waals surface area contributed by atoms with Crippen LogP contribution in [0.4, 0.5) is 10.1 Å². The molecular weight excluding hydrogens is 493 g/mol. The molecule has 4 aromatic rings. The summed E-state index contributed by atoms with van der Waals surface area (Å²) >= 11 is 1.05. The van der Waals surface area contributed by atoms with Crippen LogP contribution in [0, 0.1) is 19.7 Å². The monoisotopic (exact) mass is 513 g/mol. The standard InChI is InChI=1S/C28H20FN3O4S/c1-16-7-12-21(13-17(16)2)32-26(34)24(14-18-8-10-20(29)11-9-18)37-28(32)31-30-25(33)22-15-19-5-3-4-6-23(19)36-27(22)35/h3-15H,1-2H3,(H,30,33)/b24-14-,31-28-. The Kier molecular flexibility index (Phi) is 6.45. The summed E-state index contributed by atoms with van der Waals surface area (Å²) < 4.78 is 18.6. The van der Waals surface area contributed by atoms with Gasteiger partial charge in [0.15, 0.2) is 5.17 Å². The second-order valence-corrected chi connectivity index (χ2v) is 9.40. The van der Waals surface area contributed by atoms with Gasteiger partial charge in [0.2, 0.25) is 0 Å². The topological polar surface area (TPSA) is 92.0 Å². The fourth-order valence-corrected chi connectivity index (χ4v) is 4.67. The molecule has 1 aliphatic heterocycles. The minimum Gasteiger partial charge on any atom is -0.422 e. The molecule has 2 heterocycles. The molecule has 184 valence electrons. The summed E-state index contributed by atoms with van der Waals surface area (Å²) in [4.78, 5) is 40.4. The fraction of sp³-hybridized carbons (Fsp3) is 0.0714. The summed E-state index contributed by atoms with van der Waals surface area (Å²) in [5.74, 6) is -1.50. The van der Waals surface area contributed by atoms with Crippen molar-refractivity contribution >= 4 is 51.5 Å². The first-order valence-electron chi connectivity index (χ1n) is 11.3. The number of para-hydroxylation sites is 1. The first kappa shape index (κ1) is 24.2. The largest absolute Gasteiger partial charge is 0.422 e. The maximum absolute atomic E-state index is 13.4. The van der Waals surface area contributed by atoms with Gasteiger partial charge in [0.05, 0.1) is 10.6 Å². The maximum Gasteiger partial charge on any atom is 0.349 e. The van der Waals surface area contributed by atoms with Crippen LogP contribution in [0.5, 0.6) is 0 Å². The molecule has 1 saturated heterocycles. The number of aryl methyl sites for hydroxylation is 2. The molecule has 1 aliphatic rings. The van der Waals surface area contributed by atoms with Gasteiger partial charge in [-0.1, -0.05) is 36.4 Å². The minimum atomic E-state index is -0.797. The summed E-state index contributed by atoms with van der Waals surface area (Å²) in [6.45, 7) is 3.89. The molecular formula is C28H20FN3O4S. The third-order valence-corrected chi connectivity index (χ3v) is 6.83. The van der Waals surface area contributed by atoms with E-state index in [4.69, 9.17) is 4.42 Å². The molecule has 7 nitrogen and oxygen atoms in total. The highest BCUT2D eigenvalue weighted by Crippen LogP contribution is 2.36. The molecule has 0 spiro atoms. The number of fused-ring (bicyclic) bond motifs is 1. The van der Waals surface area contributed by atoms with E-state index in [2.05, 4.69) is 10.5 Å². The molecule has 0 aliphatic carbocycles. The molecule has 3 aromatic carbocycles. The normalized spacial score (nSPS) is 15.6. The van der Waals surface area contributed by atoms with E-state index in [9.17, 15) is 18.8 Å². The van der Waals surface area contributed by atoms with Crippen LogP contribution in [0.1, 0.15) is 27.0 Å². The van der Waals surface area contributed by atoms with Crippen LogP contribution in [0.3, 0.4) is 0 Å². The molecule has 37 heavy (non-hydrogen) atoms. The first-order chi connectivity index (χ1) is 17.8. The smallest absolute Gasteiger partial charge is 0.349 e. The van der Waals surface area contributed by atoms with Gasteiger partial charge in [-0.2, -0.15) is 0 Å². The lowest BCUT2D eigenvalue weighted by atomic mass is 10.1. The van der Waals surface area contributed by atoms with Crippen molar-refractivity contribution in [2.45, 2.75) is 13.8 Å². The van der Waals surface area contributed by atoms with E-state index >= 15 is 0 Å². The van der Waals surface area contributed by atoms with Crippen LogP contribution >= 0.6 is 11.8 Å². The molecule has 0 bridgehead atoms. The molecule has 1 aromatic heterocycles. The van der Waals surface area contributed by atoms with E-state index in [1.165, 1.54) is 23.1 Å². The average Bonchev–Trinajstić information content (AvgIpc) is 3.19. The predicted octanol–water partition coefficient (Wildman–Crippen LogP) is 5.37. The Morgan fingerprint density at radius 3 is 2.51 bits per heavy atom. The quantitative estimate of drug-likeness (QED) is 0.225. The Balaban J connectivity index is 1.50. The number of rotatable bonds is 4. The van der Waals surface area contributed by atoms with Crippen molar-refractivity contribution in [3.8, 4) is 0 Å². The van der Waals surface area contributed by atoms with Crippen molar-refractivity contribution in [3.05, 3.63) is 116 Å². The summed E-state index contributed by atoms with van der Waals surface area (Å²) in [5, 5.41) is 4.97. The number of anilines is 1. The summed E-state index contributed by atoms with van der Waals surface area (Å²) in [5.41, 5.74) is 4.98. The van der Waals surface area contributed by atoms with E-state index in [0.717, 1.165) is 22.9 Å². The number of carbonyl (C=O) groups is 2. The number of nitrogens with zero attached hydrogens (tertiary/aromatic N) is 2. The number of thioether (sulfide) groups is 1. The highest BCUT2D eigenvalue weighted by molar-refractivity contribution is 8.19. The lowest BCUT2D eigenvalue weighted by Gasteiger charge is -2.17. The first-order valence-corrected chi connectivity index (χ1v) is 12.1. The van der Waals surface area contributed by atoms with Crippen LogP contribution in [-0.4, -0.2) is 17.0 Å². The van der Waals surface area contributed by atoms with Gasteiger partial charge in [0.25, 0.3) is 11.8 Å². The Hall–Kier alpha value is -4.50. The van der Waals surface area contributed by atoms with E-state index in [0.29, 0.717) is 27.1 Å². The van der Waals surface area contributed by atoms with Gasteiger partial charge in [-0.05, 0) is 84.8 Å². The number of hydrogen-bond donors (Lipinski definition) is 1. The highest BCUT2D eigenvalue weighted by atomic mass is 32.2. The number of nitrogens with one attached hydrogen (secondary N) is 1. The van der Waals surface area contributed by atoms with E-state index < -0.39 is 11.5 Å². The number of carbonyl (C=O) groups excluding carboxylic acids is 2. The Morgan fingerprint density at radius 1 is 1.00 bits per heavy atom. The molecule has 1 N–H and O–H groups in total. The van der Waals surface area contributed by atoms with Gasteiger partial charge in [-0.3, -0.25) is 14.5 Å². The van der Waals surface area contributed by atoms with Crippen LogP contribution < -0.4 is 16.0 Å². The van der Waals surface area contributed by atoms with Gasteiger partial charge in [0.1, 0.15) is 17.0 Å². The third kappa shape index (κ3) is 4.94. The highest BCUT2D eigenvalue weighted by Gasteiger charge is 2.35. The van der Waals surface area contributed by atoms with E-state index in [1.54, 1.807) is 48.5 Å². The zero-order valence-corrected chi connectivity index (χ0v) is 20.6. The zero-order chi connectivity index (χ0) is 26.1. The van der Waals surface area contributed by atoms with Gasteiger partial charge in [-0.15, -0.1) is 5.10 Å². The molecule has 0 radical (unpaired) electrons. The molecule has 9 heteroatoms. The van der Waals surface area contributed by atoms with Crippen molar-refractivity contribution < 1.29 is 18.4 Å². The summed E-state index contributed by atoms with van der Waals surface area (Å²) in [6, 6.07) is 19.6. The van der Waals surface area contributed by atoms with Crippen LogP contribution in [-0.2, 0) is 4.79 Å². The number of halogens is 1. The van der Waals surface area contributed by atoms with Crippen LogP contribution in [0.25, 0.3) is 17.0 Å². The Bertz CT molecular complexity index is 1680.